The van der Waals surface area contributed by atoms with Crippen LogP contribution in [0.3, 0.4) is 0 Å². The van der Waals surface area contributed by atoms with Crippen molar-refractivity contribution in [3.8, 4) is 0 Å². The van der Waals surface area contributed by atoms with Crippen molar-refractivity contribution in [2.24, 2.45) is 0 Å². The van der Waals surface area contributed by atoms with Crippen LogP contribution in [0.5, 0.6) is 0 Å². The third-order valence-corrected chi connectivity index (χ3v) is 7.16. The molecule has 0 bridgehead atoms. The Bertz CT molecular complexity index is 1310. The number of nitrogens with one attached hydrogen (secondary N) is 1. The molecule has 3 aromatic carbocycles. The van der Waals surface area contributed by atoms with Gasteiger partial charge in [0.05, 0.1) is 33.8 Å². The number of nitro benzene ring substituents is 1. The maximum atomic E-state index is 13.2. The van der Waals surface area contributed by atoms with Crippen LogP contribution >= 0.6 is 0 Å². The van der Waals surface area contributed by atoms with Crippen molar-refractivity contribution in [2.75, 3.05) is 17.8 Å². The summed E-state index contributed by atoms with van der Waals surface area (Å²) in [5.74, 6) is -0.288. The topological polar surface area (TPSA) is 119 Å². The lowest BCUT2D eigenvalue weighted by molar-refractivity contribution is -0.385. The molecule has 1 aliphatic heterocycles. The number of carbonyl (C=O) groups excluding carboxylic acids is 1. The van der Waals surface area contributed by atoms with E-state index in [1.807, 2.05) is 30.3 Å². The number of sulfonamides is 1. The highest BCUT2D eigenvalue weighted by atomic mass is 32.2. The van der Waals surface area contributed by atoms with Crippen molar-refractivity contribution in [3.63, 3.8) is 0 Å². The Morgan fingerprint density at radius 2 is 1.69 bits per heavy atom. The second-order valence-electron chi connectivity index (χ2n) is 8.19. The van der Waals surface area contributed by atoms with E-state index in [1.54, 1.807) is 23.1 Å². The molecule has 10 heteroatoms. The Morgan fingerprint density at radius 1 is 1.00 bits per heavy atom. The van der Waals surface area contributed by atoms with Crippen LogP contribution in [0.25, 0.3) is 0 Å². The predicted octanol–water partition coefficient (Wildman–Crippen LogP) is 4.22. The number of nitrogens with zero attached hydrogens (tertiary/aromatic N) is 2. The van der Waals surface area contributed by atoms with E-state index in [2.05, 4.69) is 4.72 Å². The SMILES string of the molecule is O=C(c1ccccc1NS(=O)(=O)c1cccc([N+](=O)[O-])c1)N1CCC(OCc2ccccc2)CC1. The lowest BCUT2D eigenvalue weighted by Gasteiger charge is -2.32. The van der Waals surface area contributed by atoms with Crippen molar-refractivity contribution >= 4 is 27.3 Å². The fourth-order valence-corrected chi connectivity index (χ4v) is 5.03. The highest BCUT2D eigenvalue weighted by Gasteiger charge is 2.27. The van der Waals surface area contributed by atoms with Crippen molar-refractivity contribution in [3.05, 3.63) is 100 Å². The summed E-state index contributed by atoms with van der Waals surface area (Å²) in [6, 6.07) is 21.0. The first kappa shape index (κ1) is 24.4. The van der Waals surface area contributed by atoms with E-state index in [4.69, 9.17) is 4.74 Å². The van der Waals surface area contributed by atoms with Gasteiger partial charge < -0.3 is 9.64 Å². The van der Waals surface area contributed by atoms with Gasteiger partial charge in [-0.25, -0.2) is 8.42 Å². The molecule has 0 spiro atoms. The average Bonchev–Trinajstić information content (AvgIpc) is 2.88. The van der Waals surface area contributed by atoms with Crippen molar-refractivity contribution in [1.82, 2.24) is 4.90 Å². The summed E-state index contributed by atoms with van der Waals surface area (Å²) in [4.78, 5) is 25.0. The van der Waals surface area contributed by atoms with E-state index in [-0.39, 0.29) is 33.8 Å². The number of nitro groups is 1. The molecule has 1 aliphatic rings. The molecule has 182 valence electrons. The molecule has 1 amide bonds. The van der Waals surface area contributed by atoms with Crippen LogP contribution in [0.4, 0.5) is 11.4 Å². The highest BCUT2D eigenvalue weighted by molar-refractivity contribution is 7.92. The van der Waals surface area contributed by atoms with E-state index in [9.17, 15) is 23.3 Å². The van der Waals surface area contributed by atoms with Crippen LogP contribution in [-0.2, 0) is 21.4 Å². The fourth-order valence-electron chi connectivity index (χ4n) is 3.91. The average molecular weight is 496 g/mol. The van der Waals surface area contributed by atoms with E-state index >= 15 is 0 Å². The van der Waals surface area contributed by atoms with Gasteiger partial charge in [-0.2, -0.15) is 0 Å². The Hall–Kier alpha value is -3.76. The third kappa shape index (κ3) is 6.03. The Balaban J connectivity index is 1.42. The summed E-state index contributed by atoms with van der Waals surface area (Å²) in [5.41, 5.74) is 1.09. The molecule has 0 unspecified atom stereocenters. The number of hydrogen-bond donors (Lipinski definition) is 1. The minimum Gasteiger partial charge on any atom is -0.373 e. The Kier molecular flexibility index (Phi) is 7.42. The van der Waals surface area contributed by atoms with Crippen LogP contribution in [0.2, 0.25) is 0 Å². The number of rotatable bonds is 8. The first-order valence-electron chi connectivity index (χ1n) is 11.1. The smallest absolute Gasteiger partial charge is 0.270 e. The number of anilines is 1. The lowest BCUT2D eigenvalue weighted by atomic mass is 10.1. The molecule has 35 heavy (non-hydrogen) atoms. The van der Waals surface area contributed by atoms with E-state index in [0.29, 0.717) is 32.5 Å². The molecular weight excluding hydrogens is 470 g/mol. The minimum absolute atomic E-state index is 0.0434. The zero-order valence-electron chi connectivity index (χ0n) is 18.9. The van der Waals surface area contributed by atoms with Crippen LogP contribution in [0, 0.1) is 10.1 Å². The van der Waals surface area contributed by atoms with E-state index in [0.717, 1.165) is 11.6 Å². The number of hydrogen-bond acceptors (Lipinski definition) is 6. The van der Waals surface area contributed by atoms with Crippen LogP contribution in [0.15, 0.2) is 83.8 Å². The summed E-state index contributed by atoms with van der Waals surface area (Å²) < 4.78 is 34.2. The Morgan fingerprint density at radius 3 is 2.40 bits per heavy atom. The number of piperidine rings is 1. The van der Waals surface area contributed by atoms with E-state index in [1.165, 1.54) is 24.3 Å². The van der Waals surface area contributed by atoms with Crippen LogP contribution in [-0.4, -0.2) is 43.3 Å². The quantitative estimate of drug-likeness (QED) is 0.369. The molecule has 4 rings (SSSR count). The van der Waals surface area contributed by atoms with Crippen molar-refractivity contribution in [1.29, 1.82) is 0 Å². The summed E-state index contributed by atoms with van der Waals surface area (Å²) in [7, 11) is -4.14. The van der Waals surface area contributed by atoms with Gasteiger partial charge in [-0.1, -0.05) is 48.5 Å². The molecule has 0 aliphatic carbocycles. The number of carbonyl (C=O) groups is 1. The van der Waals surface area contributed by atoms with Gasteiger partial charge in [0.15, 0.2) is 0 Å². The molecule has 1 fully saturated rings. The van der Waals surface area contributed by atoms with Gasteiger partial charge >= 0.3 is 0 Å². The zero-order valence-corrected chi connectivity index (χ0v) is 19.7. The maximum absolute atomic E-state index is 13.2. The largest absolute Gasteiger partial charge is 0.373 e. The van der Waals surface area contributed by atoms with Gasteiger partial charge in [0.2, 0.25) is 0 Å². The predicted molar refractivity (Wildman–Crippen MR) is 131 cm³/mol. The monoisotopic (exact) mass is 495 g/mol. The zero-order chi connectivity index (χ0) is 24.8. The molecule has 1 heterocycles. The standard InChI is InChI=1S/C25H25N3O6S/c29-25(27-15-13-21(14-16-27)34-18-19-7-2-1-3-8-19)23-11-4-5-12-24(23)26-35(32,33)22-10-6-9-20(17-22)28(30)31/h1-12,17,21,26H,13-16,18H2. The van der Waals surface area contributed by atoms with Gasteiger partial charge in [-0.3, -0.25) is 19.6 Å². The molecular formula is C25H25N3O6S. The second-order valence-corrected chi connectivity index (χ2v) is 9.88. The van der Waals surface area contributed by atoms with Gasteiger partial charge in [0.1, 0.15) is 0 Å². The number of ether oxygens (including phenoxy) is 1. The van der Waals surface area contributed by atoms with Gasteiger partial charge in [0.25, 0.3) is 21.6 Å². The summed E-state index contributed by atoms with van der Waals surface area (Å²) in [5, 5.41) is 11.0. The number of likely N-dealkylation sites (tertiary alicyclic amines) is 1. The van der Waals surface area contributed by atoms with Crippen LogP contribution < -0.4 is 4.72 Å². The minimum atomic E-state index is -4.14. The first-order chi connectivity index (χ1) is 16.8. The molecule has 1 saturated heterocycles. The number of non-ortho nitro benzene ring substituents is 1. The molecule has 9 nitrogen and oxygen atoms in total. The lowest BCUT2D eigenvalue weighted by Crippen LogP contribution is -2.41. The summed E-state index contributed by atoms with van der Waals surface area (Å²) >= 11 is 0. The number of benzene rings is 3. The molecule has 1 N–H and O–H groups in total. The number of para-hydroxylation sites is 1. The maximum Gasteiger partial charge on any atom is 0.270 e. The normalized spacial score (nSPS) is 14.5. The Labute approximate surface area is 203 Å². The van der Waals surface area contributed by atoms with Gasteiger partial charge in [-0.15, -0.1) is 0 Å². The van der Waals surface area contributed by atoms with Crippen molar-refractivity contribution < 1.29 is 22.9 Å². The first-order valence-corrected chi connectivity index (χ1v) is 12.6. The molecule has 0 aromatic heterocycles. The summed E-state index contributed by atoms with van der Waals surface area (Å²) in [6.45, 7) is 1.50. The van der Waals surface area contributed by atoms with Gasteiger partial charge in [0, 0.05) is 25.2 Å². The molecule has 0 radical (unpaired) electrons. The van der Waals surface area contributed by atoms with Crippen LogP contribution in [0.1, 0.15) is 28.8 Å². The van der Waals surface area contributed by atoms with E-state index < -0.39 is 14.9 Å². The number of amides is 1. The summed E-state index contributed by atoms with van der Waals surface area (Å²) in [6.07, 6.45) is 1.40. The fraction of sp³-hybridized carbons (Fsp3) is 0.240. The molecule has 3 aromatic rings. The van der Waals surface area contributed by atoms with Crippen molar-refractivity contribution in [2.45, 2.75) is 30.4 Å². The second kappa shape index (κ2) is 10.7. The molecule has 0 atom stereocenters. The highest BCUT2D eigenvalue weighted by Crippen LogP contribution is 2.25. The molecule has 0 saturated carbocycles. The van der Waals surface area contributed by atoms with Gasteiger partial charge in [-0.05, 0) is 36.6 Å². The third-order valence-electron chi connectivity index (χ3n) is 5.80.